The first kappa shape index (κ1) is 26.7. The quantitative estimate of drug-likeness (QED) is 0.124. The van der Waals surface area contributed by atoms with Crippen LogP contribution in [0.3, 0.4) is 0 Å². The fourth-order valence-electron chi connectivity index (χ4n) is 1.58. The van der Waals surface area contributed by atoms with Crippen LogP contribution in [0.2, 0.25) is 0 Å². The highest BCUT2D eigenvalue weighted by Gasteiger charge is 2.39. The molecule has 0 aliphatic rings. The second-order valence-electron chi connectivity index (χ2n) is 5.20. The van der Waals surface area contributed by atoms with E-state index >= 15 is 0 Å². The van der Waals surface area contributed by atoms with Gasteiger partial charge in [-0.1, -0.05) is 40.5 Å². The van der Waals surface area contributed by atoms with Gasteiger partial charge in [0.25, 0.3) is 0 Å². The number of hydrogen-bond acceptors (Lipinski definition) is 10. The molecule has 0 aromatic carbocycles. The molecule has 0 aliphatic heterocycles. The third-order valence-corrected chi connectivity index (χ3v) is 4.46. The van der Waals surface area contributed by atoms with Crippen LogP contribution >= 0.6 is 7.82 Å². The summed E-state index contributed by atoms with van der Waals surface area (Å²) in [4.78, 5) is 34.3. The van der Waals surface area contributed by atoms with Gasteiger partial charge < -0.3 is 14.2 Å². The van der Waals surface area contributed by atoms with Crippen LogP contribution in [0.4, 0.5) is 0 Å². The minimum absolute atomic E-state index is 0.0722. The van der Waals surface area contributed by atoms with Crippen molar-refractivity contribution in [3.63, 3.8) is 0 Å². The Morgan fingerprint density at radius 3 is 1.10 bits per heavy atom. The summed E-state index contributed by atoms with van der Waals surface area (Å²) in [6.07, 6.45) is -1.14. The van der Waals surface area contributed by atoms with Crippen LogP contribution in [-0.2, 0) is 46.7 Å². The summed E-state index contributed by atoms with van der Waals surface area (Å²) < 4.78 is 43.7. The molecule has 0 aliphatic carbocycles. The van der Waals surface area contributed by atoms with Gasteiger partial charge in [0.2, 0.25) is 18.9 Å². The molecular formula is C18H27O10P. The van der Waals surface area contributed by atoms with Crippen molar-refractivity contribution >= 4 is 25.7 Å². The lowest BCUT2D eigenvalue weighted by atomic mass is 10.5. The van der Waals surface area contributed by atoms with Crippen molar-refractivity contribution in [2.75, 3.05) is 0 Å². The van der Waals surface area contributed by atoms with E-state index in [4.69, 9.17) is 27.8 Å². The summed E-state index contributed by atoms with van der Waals surface area (Å²) in [5.41, 5.74) is 0. The zero-order valence-electron chi connectivity index (χ0n) is 16.7. The maximum atomic E-state index is 13.2. The standard InChI is InChI=1S/C18H27O10P/c1-7-13(19)23-16(10-4)26-29(22,27-17(11-5)24-14(20)8-2)28-18(12-6)25-15(21)9-3/h7-9,16-18H,1-3,10-12H2,4-6H3. The van der Waals surface area contributed by atoms with Gasteiger partial charge >= 0.3 is 25.7 Å². The van der Waals surface area contributed by atoms with Crippen molar-refractivity contribution in [3.8, 4) is 0 Å². The fraction of sp³-hybridized carbons (Fsp3) is 0.500. The molecule has 0 amide bonds. The average molecular weight is 434 g/mol. The molecule has 29 heavy (non-hydrogen) atoms. The zero-order valence-corrected chi connectivity index (χ0v) is 17.6. The maximum Gasteiger partial charge on any atom is 0.484 e. The first-order valence-corrected chi connectivity index (χ1v) is 10.3. The maximum absolute atomic E-state index is 13.2. The largest absolute Gasteiger partial charge is 0.484 e. The molecule has 3 atom stereocenters. The molecule has 11 heteroatoms. The van der Waals surface area contributed by atoms with Crippen molar-refractivity contribution in [2.45, 2.75) is 58.9 Å². The van der Waals surface area contributed by atoms with Crippen molar-refractivity contribution in [3.05, 3.63) is 38.0 Å². The van der Waals surface area contributed by atoms with Crippen LogP contribution in [0.1, 0.15) is 40.0 Å². The second kappa shape index (κ2) is 13.8. The van der Waals surface area contributed by atoms with Crippen molar-refractivity contribution < 1.29 is 46.7 Å². The second-order valence-corrected chi connectivity index (χ2v) is 6.73. The first-order valence-electron chi connectivity index (χ1n) is 8.81. The Hall–Kier alpha value is -2.26. The van der Waals surface area contributed by atoms with Crippen LogP contribution in [0, 0.1) is 0 Å². The van der Waals surface area contributed by atoms with E-state index in [0.717, 1.165) is 18.2 Å². The lowest BCUT2D eigenvalue weighted by molar-refractivity contribution is -0.178. The van der Waals surface area contributed by atoms with E-state index < -0.39 is 44.6 Å². The predicted octanol–water partition coefficient (Wildman–Crippen LogP) is 3.54. The van der Waals surface area contributed by atoms with Gasteiger partial charge in [-0.2, -0.15) is 0 Å². The van der Waals surface area contributed by atoms with E-state index in [1.165, 1.54) is 0 Å². The van der Waals surface area contributed by atoms with Gasteiger partial charge in [0, 0.05) is 37.5 Å². The summed E-state index contributed by atoms with van der Waals surface area (Å²) in [6, 6.07) is 0. The predicted molar refractivity (Wildman–Crippen MR) is 102 cm³/mol. The molecule has 0 heterocycles. The van der Waals surface area contributed by atoms with E-state index in [1.54, 1.807) is 20.8 Å². The topological polar surface area (TPSA) is 124 Å². The molecule has 0 radical (unpaired) electrons. The highest BCUT2D eigenvalue weighted by atomic mass is 31.2. The molecule has 0 bridgehead atoms. The van der Waals surface area contributed by atoms with Gasteiger partial charge in [-0.3, -0.25) is 0 Å². The molecule has 0 aromatic heterocycles. The van der Waals surface area contributed by atoms with Crippen molar-refractivity contribution in [2.24, 2.45) is 0 Å². The monoisotopic (exact) mass is 434 g/mol. The number of rotatable bonds is 15. The van der Waals surface area contributed by atoms with E-state index in [-0.39, 0.29) is 19.3 Å². The number of phosphoric acid groups is 1. The molecule has 0 rings (SSSR count). The Morgan fingerprint density at radius 2 is 0.931 bits per heavy atom. The number of esters is 3. The minimum atomic E-state index is -4.57. The number of carbonyl (C=O) groups excluding carboxylic acids is 3. The van der Waals surface area contributed by atoms with Crippen LogP contribution in [0.25, 0.3) is 0 Å². The molecule has 0 saturated heterocycles. The molecule has 0 aromatic rings. The molecule has 164 valence electrons. The van der Waals surface area contributed by atoms with Gasteiger partial charge in [0.15, 0.2) is 0 Å². The smallest absolute Gasteiger partial charge is 0.432 e. The fourth-order valence-corrected chi connectivity index (χ4v) is 3.17. The Kier molecular flexibility index (Phi) is 12.8. The van der Waals surface area contributed by atoms with Crippen LogP contribution in [0.15, 0.2) is 38.0 Å². The highest BCUT2D eigenvalue weighted by molar-refractivity contribution is 7.48. The van der Waals surface area contributed by atoms with Crippen LogP contribution in [0.5, 0.6) is 0 Å². The third-order valence-electron chi connectivity index (χ3n) is 2.98. The summed E-state index contributed by atoms with van der Waals surface area (Å²) in [5, 5.41) is 0. The van der Waals surface area contributed by atoms with Gasteiger partial charge in [-0.25, -0.2) is 32.5 Å². The van der Waals surface area contributed by atoms with Gasteiger partial charge in [-0.15, -0.1) is 0 Å². The van der Waals surface area contributed by atoms with Crippen LogP contribution < -0.4 is 0 Å². The molecule has 10 nitrogen and oxygen atoms in total. The van der Waals surface area contributed by atoms with E-state index in [1.807, 2.05) is 0 Å². The molecule has 0 fully saturated rings. The highest BCUT2D eigenvalue weighted by Crippen LogP contribution is 2.54. The lowest BCUT2D eigenvalue weighted by Gasteiger charge is -2.28. The van der Waals surface area contributed by atoms with Crippen LogP contribution in [-0.4, -0.2) is 36.8 Å². The average Bonchev–Trinajstić information content (AvgIpc) is 2.71. The Bertz CT molecular complexity index is 559. The summed E-state index contributed by atoms with van der Waals surface area (Å²) in [5.74, 6) is -2.50. The van der Waals surface area contributed by atoms with Gasteiger partial charge in [-0.05, 0) is 0 Å². The number of ether oxygens (including phenoxy) is 3. The molecule has 3 unspecified atom stereocenters. The SMILES string of the molecule is C=CC(=O)OC(CC)OP(=O)(OC(CC)OC(=O)C=C)OC(CC)OC(=O)C=C. The third kappa shape index (κ3) is 10.7. The van der Waals surface area contributed by atoms with Crippen molar-refractivity contribution in [1.82, 2.24) is 0 Å². The molecule has 0 N–H and O–H groups in total. The summed E-state index contributed by atoms with van der Waals surface area (Å²) in [6.45, 7) is 14.5. The summed E-state index contributed by atoms with van der Waals surface area (Å²) in [7, 11) is -4.57. The Morgan fingerprint density at radius 1 is 0.690 bits per heavy atom. The molecular weight excluding hydrogens is 407 g/mol. The minimum Gasteiger partial charge on any atom is -0.432 e. The number of phosphoric ester groups is 1. The number of carbonyl (C=O) groups is 3. The van der Waals surface area contributed by atoms with E-state index in [9.17, 15) is 18.9 Å². The molecule has 0 saturated carbocycles. The van der Waals surface area contributed by atoms with Gasteiger partial charge in [0.1, 0.15) is 0 Å². The first-order chi connectivity index (χ1) is 13.7. The normalized spacial score (nSPS) is 15.7. The zero-order chi connectivity index (χ0) is 22.4. The number of hydrogen-bond donors (Lipinski definition) is 0. The lowest BCUT2D eigenvalue weighted by Crippen LogP contribution is -2.27. The van der Waals surface area contributed by atoms with Crippen molar-refractivity contribution in [1.29, 1.82) is 0 Å². The van der Waals surface area contributed by atoms with E-state index in [2.05, 4.69) is 19.7 Å². The Balaban J connectivity index is 5.64. The Labute approximate surface area is 170 Å². The van der Waals surface area contributed by atoms with Gasteiger partial charge in [0.05, 0.1) is 0 Å². The summed E-state index contributed by atoms with van der Waals surface area (Å²) >= 11 is 0. The molecule has 0 spiro atoms. The van der Waals surface area contributed by atoms with E-state index in [0.29, 0.717) is 0 Å².